The van der Waals surface area contributed by atoms with Crippen LogP contribution in [0, 0.1) is 0 Å². The van der Waals surface area contributed by atoms with Gasteiger partial charge in [-0.2, -0.15) is 0 Å². The van der Waals surface area contributed by atoms with Crippen molar-refractivity contribution in [2.45, 2.75) is 4.90 Å². The van der Waals surface area contributed by atoms with Crippen LogP contribution < -0.4 is 16.4 Å². The van der Waals surface area contributed by atoms with E-state index in [1.54, 1.807) is 103 Å². The fourth-order valence-electron chi connectivity index (χ4n) is 4.60. The highest BCUT2D eigenvalue weighted by molar-refractivity contribution is 7.90. The zero-order valence-corrected chi connectivity index (χ0v) is 23.6. The van der Waals surface area contributed by atoms with Gasteiger partial charge in [-0.3, -0.25) is 4.79 Å². The summed E-state index contributed by atoms with van der Waals surface area (Å²) in [4.78, 5) is 17.6. The molecule has 0 saturated carbocycles. The van der Waals surface area contributed by atoms with Gasteiger partial charge in [-0.25, -0.2) is 17.4 Å². The van der Waals surface area contributed by atoms with Gasteiger partial charge in [0, 0.05) is 39.8 Å². The molecule has 0 spiro atoms. The minimum atomic E-state index is -3.87. The predicted octanol–water partition coefficient (Wildman–Crippen LogP) is 7.17. The van der Waals surface area contributed by atoms with E-state index < -0.39 is 10.0 Å². The Hall–Kier alpha value is -5.12. The van der Waals surface area contributed by atoms with Crippen LogP contribution in [0.4, 0.5) is 22.9 Å². The number of halogens is 1. The highest BCUT2D eigenvalue weighted by Crippen LogP contribution is 2.36. The van der Waals surface area contributed by atoms with Crippen LogP contribution in [-0.2, 0) is 10.0 Å². The molecule has 0 fully saturated rings. The monoisotopic (exact) mass is 593 g/mol. The second kappa shape index (κ2) is 11.0. The molecule has 2 heterocycles. The summed E-state index contributed by atoms with van der Waals surface area (Å²) < 4.78 is 28.4. The van der Waals surface area contributed by atoms with Crippen LogP contribution in [-0.4, -0.2) is 23.3 Å². The van der Waals surface area contributed by atoms with Crippen LogP contribution >= 0.6 is 11.6 Å². The van der Waals surface area contributed by atoms with Crippen LogP contribution in [0.25, 0.3) is 22.2 Å². The molecular weight excluding hydrogens is 570 g/mol. The lowest BCUT2D eigenvalue weighted by molar-refractivity contribution is 0.102. The lowest BCUT2D eigenvalue weighted by Gasteiger charge is -2.11. The molecule has 2 aromatic heterocycles. The number of hydrogen-bond acceptors (Lipinski definition) is 6. The number of hydrogen-bond donors (Lipinski definition) is 3. The standard InChI is InChI=1S/C32H24ClN5O3S/c33-28-17-18-30(35-23-7-6-8-24(19-23)36-32(39)21-13-15-22(34)16-14-21)37-31(28)27-20-38(29-12-5-4-11-26(27)29)42(40,41)25-9-2-1-3-10-25/h1-20H,34H2,(H,35,37)(H,36,39). The minimum absolute atomic E-state index is 0.176. The van der Waals surface area contributed by atoms with Gasteiger partial charge < -0.3 is 16.4 Å². The maximum Gasteiger partial charge on any atom is 0.268 e. The van der Waals surface area contributed by atoms with Gasteiger partial charge in [-0.1, -0.05) is 54.1 Å². The Morgan fingerprint density at radius 1 is 0.810 bits per heavy atom. The fourth-order valence-corrected chi connectivity index (χ4v) is 6.20. The first kappa shape index (κ1) is 27.1. The molecule has 208 valence electrons. The first-order valence-electron chi connectivity index (χ1n) is 12.9. The number of fused-ring (bicyclic) bond motifs is 1. The molecule has 1 amide bonds. The first-order chi connectivity index (χ1) is 20.3. The van der Waals surface area contributed by atoms with Crippen molar-refractivity contribution < 1.29 is 13.2 Å². The molecule has 0 aliphatic carbocycles. The molecule has 0 unspecified atom stereocenters. The van der Waals surface area contributed by atoms with E-state index in [9.17, 15) is 13.2 Å². The smallest absolute Gasteiger partial charge is 0.268 e. The summed E-state index contributed by atoms with van der Waals surface area (Å²) in [6.45, 7) is 0. The van der Waals surface area contributed by atoms with Crippen molar-refractivity contribution in [2.75, 3.05) is 16.4 Å². The number of rotatable bonds is 7. The quantitative estimate of drug-likeness (QED) is 0.169. The molecule has 6 aromatic rings. The van der Waals surface area contributed by atoms with Crippen LogP contribution in [0.3, 0.4) is 0 Å². The maximum absolute atomic E-state index is 13.6. The second-order valence-corrected chi connectivity index (χ2v) is 11.7. The number of nitrogens with one attached hydrogen (secondary N) is 2. The normalized spacial score (nSPS) is 11.4. The highest BCUT2D eigenvalue weighted by atomic mass is 35.5. The van der Waals surface area contributed by atoms with E-state index in [2.05, 4.69) is 10.6 Å². The molecule has 10 heteroatoms. The summed E-state index contributed by atoms with van der Waals surface area (Å²) in [5.74, 6) is 0.222. The Balaban J connectivity index is 1.32. The summed E-state index contributed by atoms with van der Waals surface area (Å²) in [7, 11) is -3.87. The zero-order chi connectivity index (χ0) is 29.3. The summed E-state index contributed by atoms with van der Waals surface area (Å²) in [6, 6.07) is 32.8. The maximum atomic E-state index is 13.6. The Bertz CT molecular complexity index is 2040. The van der Waals surface area contributed by atoms with Crippen molar-refractivity contribution in [3.63, 3.8) is 0 Å². The van der Waals surface area contributed by atoms with Crippen molar-refractivity contribution in [1.82, 2.24) is 8.96 Å². The van der Waals surface area contributed by atoms with E-state index in [4.69, 9.17) is 22.3 Å². The van der Waals surface area contributed by atoms with Crippen molar-refractivity contribution in [1.29, 1.82) is 0 Å². The topological polar surface area (TPSA) is 119 Å². The number of amides is 1. The summed E-state index contributed by atoms with van der Waals surface area (Å²) in [5, 5.41) is 7.19. The third-order valence-electron chi connectivity index (χ3n) is 6.64. The molecule has 0 atom stereocenters. The number of carbonyl (C=O) groups excluding carboxylic acids is 1. The van der Waals surface area contributed by atoms with Crippen molar-refractivity contribution in [2.24, 2.45) is 0 Å². The summed E-state index contributed by atoms with van der Waals surface area (Å²) in [6.07, 6.45) is 1.55. The van der Waals surface area contributed by atoms with Crippen LogP contribution in [0.1, 0.15) is 10.4 Å². The molecule has 4 N–H and O–H groups in total. The third kappa shape index (κ3) is 5.30. The van der Waals surface area contributed by atoms with E-state index >= 15 is 0 Å². The lowest BCUT2D eigenvalue weighted by atomic mass is 10.1. The lowest BCUT2D eigenvalue weighted by Crippen LogP contribution is -2.12. The van der Waals surface area contributed by atoms with Gasteiger partial charge in [0.05, 0.1) is 21.1 Å². The van der Waals surface area contributed by atoms with Crippen molar-refractivity contribution in [3.05, 3.63) is 132 Å². The third-order valence-corrected chi connectivity index (χ3v) is 8.64. The Morgan fingerprint density at radius 2 is 1.52 bits per heavy atom. The van der Waals surface area contributed by atoms with E-state index in [1.165, 1.54) is 3.97 Å². The Kier molecular flexibility index (Phi) is 7.12. The van der Waals surface area contributed by atoms with E-state index in [-0.39, 0.29) is 10.8 Å². The predicted molar refractivity (Wildman–Crippen MR) is 168 cm³/mol. The number of anilines is 4. The minimum Gasteiger partial charge on any atom is -0.399 e. The van der Waals surface area contributed by atoms with Crippen LogP contribution in [0.15, 0.2) is 126 Å². The molecule has 0 radical (unpaired) electrons. The van der Waals surface area contributed by atoms with Gasteiger partial charge in [0.25, 0.3) is 15.9 Å². The molecule has 8 nitrogen and oxygen atoms in total. The van der Waals surface area contributed by atoms with Crippen LogP contribution in [0.2, 0.25) is 5.02 Å². The van der Waals surface area contributed by atoms with Gasteiger partial charge in [0.2, 0.25) is 0 Å². The molecule has 6 rings (SSSR count). The molecule has 0 saturated heterocycles. The molecule has 42 heavy (non-hydrogen) atoms. The zero-order valence-electron chi connectivity index (χ0n) is 22.0. The molecular formula is C32H24ClN5O3S. The molecule has 4 aromatic carbocycles. The molecule has 0 bridgehead atoms. The average Bonchev–Trinajstić information content (AvgIpc) is 3.39. The summed E-state index contributed by atoms with van der Waals surface area (Å²) in [5.41, 5.74) is 9.56. The number of pyridine rings is 1. The number of para-hydroxylation sites is 1. The van der Waals surface area contributed by atoms with Gasteiger partial charge >= 0.3 is 0 Å². The largest absolute Gasteiger partial charge is 0.399 e. The van der Waals surface area contributed by atoms with E-state index in [0.29, 0.717) is 55.6 Å². The first-order valence-corrected chi connectivity index (χ1v) is 14.7. The Labute approximate surface area is 247 Å². The van der Waals surface area contributed by atoms with Gasteiger partial charge in [0.15, 0.2) is 0 Å². The van der Waals surface area contributed by atoms with E-state index in [0.717, 1.165) is 0 Å². The van der Waals surface area contributed by atoms with E-state index in [1.807, 2.05) is 18.2 Å². The fraction of sp³-hybridized carbons (Fsp3) is 0. The number of nitrogens with two attached hydrogens (primary N) is 1. The number of aromatic nitrogens is 2. The molecule has 0 aliphatic rings. The van der Waals surface area contributed by atoms with Gasteiger partial charge in [0.1, 0.15) is 5.82 Å². The van der Waals surface area contributed by atoms with Gasteiger partial charge in [-0.15, -0.1) is 0 Å². The van der Waals surface area contributed by atoms with Gasteiger partial charge in [-0.05, 0) is 72.8 Å². The second-order valence-electron chi connectivity index (χ2n) is 9.48. The highest BCUT2D eigenvalue weighted by Gasteiger charge is 2.23. The van der Waals surface area contributed by atoms with Crippen molar-refractivity contribution in [3.8, 4) is 11.3 Å². The number of nitrogen functional groups attached to an aromatic ring is 1. The number of nitrogens with zero attached hydrogens (tertiary/aromatic N) is 2. The van der Waals surface area contributed by atoms with Crippen molar-refractivity contribution >= 4 is 61.3 Å². The summed E-state index contributed by atoms with van der Waals surface area (Å²) >= 11 is 6.62. The number of carbonyl (C=O) groups is 1. The average molecular weight is 594 g/mol. The Morgan fingerprint density at radius 3 is 2.31 bits per heavy atom. The molecule has 0 aliphatic heterocycles. The number of benzene rings is 4. The SMILES string of the molecule is Nc1ccc(C(=O)Nc2cccc(Nc3ccc(Cl)c(-c4cn(S(=O)(=O)c5ccccc5)c5ccccc45)n3)c2)cc1. The van der Waals surface area contributed by atoms with Crippen LogP contribution in [0.5, 0.6) is 0 Å².